The maximum Gasteiger partial charge on any atom is 0.303 e. The van der Waals surface area contributed by atoms with E-state index in [1.54, 1.807) is 17.8 Å². The number of ether oxygens (including phenoxy) is 1. The highest BCUT2D eigenvalue weighted by Crippen LogP contribution is 2.25. The zero-order valence-corrected chi connectivity index (χ0v) is 14.8. The lowest BCUT2D eigenvalue weighted by molar-refractivity contribution is -0.136. The third-order valence-corrected chi connectivity index (χ3v) is 4.13. The average Bonchev–Trinajstić information content (AvgIpc) is 2.52. The monoisotopic (exact) mass is 367 g/mol. The Bertz CT molecular complexity index is 730. The van der Waals surface area contributed by atoms with E-state index in [0.717, 1.165) is 17.2 Å². The minimum absolute atomic E-state index is 0.0550. The molecule has 7 heteroatoms. The minimum Gasteiger partial charge on any atom is -0.481 e. The normalized spacial score (nSPS) is 10.9. The second kappa shape index (κ2) is 8.80. The molecular weight excluding hydrogens is 348 g/mol. The second-order valence-electron chi connectivity index (χ2n) is 5.70. The van der Waals surface area contributed by atoms with Gasteiger partial charge in [0.05, 0.1) is 10.7 Å². The number of aromatic nitrogens is 1. The van der Waals surface area contributed by atoms with Crippen LogP contribution >= 0.6 is 11.8 Å². The lowest BCUT2D eigenvalue weighted by Crippen LogP contribution is -2.04. The van der Waals surface area contributed by atoms with Crippen LogP contribution in [-0.2, 0) is 17.8 Å². The van der Waals surface area contributed by atoms with Crippen LogP contribution in [0, 0.1) is 11.6 Å². The van der Waals surface area contributed by atoms with Gasteiger partial charge in [-0.2, -0.15) is 0 Å². The molecule has 0 radical (unpaired) electrons. The summed E-state index contributed by atoms with van der Waals surface area (Å²) >= 11 is 1.59. The Labute approximate surface area is 149 Å². The first-order chi connectivity index (χ1) is 11.8. The summed E-state index contributed by atoms with van der Waals surface area (Å²) in [5, 5.41) is 9.83. The van der Waals surface area contributed by atoms with Gasteiger partial charge in [0, 0.05) is 11.7 Å². The standard InChI is InChI=1S/C18H19F2NO3S/c1-11(2)25-16-5-3-4-13(21-16)10-24-18-14(19)8-12(9-15(18)20)6-7-17(22)23/h3-5,8-9,11H,6-7,10H2,1-2H3,(H,22,23). The highest BCUT2D eigenvalue weighted by Gasteiger charge is 2.14. The van der Waals surface area contributed by atoms with Crippen LogP contribution in [0.1, 0.15) is 31.5 Å². The van der Waals surface area contributed by atoms with Crippen LogP contribution in [0.2, 0.25) is 0 Å². The van der Waals surface area contributed by atoms with Crippen molar-refractivity contribution in [2.45, 2.75) is 43.6 Å². The van der Waals surface area contributed by atoms with E-state index in [1.165, 1.54) is 0 Å². The molecule has 2 aromatic rings. The molecule has 0 aliphatic carbocycles. The number of carboxylic acid groups (broad SMARTS) is 1. The lowest BCUT2D eigenvalue weighted by atomic mass is 10.1. The van der Waals surface area contributed by atoms with E-state index in [0.29, 0.717) is 10.9 Å². The largest absolute Gasteiger partial charge is 0.481 e. The van der Waals surface area contributed by atoms with E-state index in [1.807, 2.05) is 26.0 Å². The Morgan fingerprint density at radius 2 is 1.96 bits per heavy atom. The van der Waals surface area contributed by atoms with Gasteiger partial charge in [0.15, 0.2) is 17.4 Å². The fourth-order valence-corrected chi connectivity index (χ4v) is 2.95. The van der Waals surface area contributed by atoms with Gasteiger partial charge in [0.2, 0.25) is 0 Å². The van der Waals surface area contributed by atoms with Crippen molar-refractivity contribution in [2.24, 2.45) is 0 Å². The average molecular weight is 367 g/mol. The molecule has 0 aliphatic heterocycles. The third kappa shape index (κ3) is 6.01. The van der Waals surface area contributed by atoms with E-state index in [-0.39, 0.29) is 25.0 Å². The molecule has 0 bridgehead atoms. The minimum atomic E-state index is -1.02. The first-order valence-electron chi connectivity index (χ1n) is 7.80. The molecular formula is C18H19F2NO3S. The van der Waals surface area contributed by atoms with E-state index < -0.39 is 23.4 Å². The SMILES string of the molecule is CC(C)Sc1cccc(COc2c(F)cc(CCC(=O)O)cc2F)n1. The highest BCUT2D eigenvalue weighted by molar-refractivity contribution is 7.99. The molecule has 0 amide bonds. The number of hydrogen-bond donors (Lipinski definition) is 1. The number of pyridine rings is 1. The van der Waals surface area contributed by atoms with E-state index in [2.05, 4.69) is 4.98 Å². The zero-order valence-electron chi connectivity index (χ0n) is 14.0. The van der Waals surface area contributed by atoms with Gasteiger partial charge >= 0.3 is 5.97 Å². The van der Waals surface area contributed by atoms with Crippen LogP contribution in [0.4, 0.5) is 8.78 Å². The van der Waals surface area contributed by atoms with Crippen molar-refractivity contribution in [1.29, 1.82) is 0 Å². The zero-order chi connectivity index (χ0) is 18.4. The van der Waals surface area contributed by atoms with Crippen molar-refractivity contribution in [1.82, 2.24) is 4.98 Å². The van der Waals surface area contributed by atoms with Crippen LogP contribution in [0.3, 0.4) is 0 Å². The summed E-state index contributed by atoms with van der Waals surface area (Å²) in [5.74, 6) is -3.21. The third-order valence-electron chi connectivity index (χ3n) is 3.19. The first kappa shape index (κ1) is 19.2. The maximum absolute atomic E-state index is 14.1. The van der Waals surface area contributed by atoms with Gasteiger partial charge < -0.3 is 9.84 Å². The van der Waals surface area contributed by atoms with Crippen molar-refractivity contribution in [3.8, 4) is 5.75 Å². The predicted molar refractivity (Wildman–Crippen MR) is 91.9 cm³/mol. The Balaban J connectivity index is 2.06. The second-order valence-corrected chi connectivity index (χ2v) is 7.30. The number of thioether (sulfide) groups is 1. The number of rotatable bonds is 8. The van der Waals surface area contributed by atoms with E-state index in [9.17, 15) is 13.6 Å². The Morgan fingerprint density at radius 1 is 1.28 bits per heavy atom. The van der Waals surface area contributed by atoms with Crippen LogP contribution in [0.15, 0.2) is 35.4 Å². The molecule has 1 heterocycles. The van der Waals surface area contributed by atoms with Gasteiger partial charge in [0.25, 0.3) is 0 Å². The number of carbonyl (C=O) groups is 1. The number of aliphatic carboxylic acids is 1. The summed E-state index contributed by atoms with van der Waals surface area (Å²) in [6.45, 7) is 4.03. The molecule has 1 aromatic heterocycles. The summed E-state index contributed by atoms with van der Waals surface area (Å²) in [4.78, 5) is 14.9. The van der Waals surface area contributed by atoms with Crippen molar-refractivity contribution < 1.29 is 23.4 Å². The molecule has 2 rings (SSSR count). The summed E-state index contributed by atoms with van der Waals surface area (Å²) < 4.78 is 33.4. The molecule has 0 saturated carbocycles. The molecule has 0 saturated heterocycles. The summed E-state index contributed by atoms with van der Waals surface area (Å²) in [5.41, 5.74) is 0.845. The Kier molecular flexibility index (Phi) is 6.75. The predicted octanol–water partition coefficient (Wildman–Crippen LogP) is 4.46. The molecule has 0 spiro atoms. The van der Waals surface area contributed by atoms with Gasteiger partial charge in [-0.1, -0.05) is 19.9 Å². The number of aryl methyl sites for hydroxylation is 1. The summed E-state index contributed by atoms with van der Waals surface area (Å²) in [6.07, 6.45) is -0.136. The van der Waals surface area contributed by atoms with Crippen molar-refractivity contribution in [3.63, 3.8) is 0 Å². The van der Waals surface area contributed by atoms with Gasteiger partial charge in [0.1, 0.15) is 6.61 Å². The van der Waals surface area contributed by atoms with E-state index in [4.69, 9.17) is 9.84 Å². The van der Waals surface area contributed by atoms with Crippen LogP contribution < -0.4 is 4.74 Å². The van der Waals surface area contributed by atoms with Gasteiger partial charge in [-0.15, -0.1) is 11.8 Å². The summed E-state index contributed by atoms with van der Waals surface area (Å²) in [6, 6.07) is 7.60. The molecule has 0 atom stereocenters. The highest BCUT2D eigenvalue weighted by atomic mass is 32.2. The molecule has 0 aliphatic rings. The molecule has 0 fully saturated rings. The number of carboxylic acids is 1. The fraction of sp³-hybridized carbons (Fsp3) is 0.333. The maximum atomic E-state index is 14.1. The number of halogens is 2. The quantitative estimate of drug-likeness (QED) is 0.698. The number of hydrogen-bond acceptors (Lipinski definition) is 4. The van der Waals surface area contributed by atoms with Crippen molar-refractivity contribution >= 4 is 17.7 Å². The Morgan fingerprint density at radius 3 is 2.56 bits per heavy atom. The molecule has 0 unspecified atom stereocenters. The summed E-state index contributed by atoms with van der Waals surface area (Å²) in [7, 11) is 0. The Hall–Kier alpha value is -2.15. The molecule has 25 heavy (non-hydrogen) atoms. The van der Waals surface area contributed by atoms with Gasteiger partial charge in [-0.05, 0) is 36.2 Å². The van der Waals surface area contributed by atoms with E-state index >= 15 is 0 Å². The first-order valence-corrected chi connectivity index (χ1v) is 8.68. The molecule has 134 valence electrons. The van der Waals surface area contributed by atoms with Crippen LogP contribution in [0.5, 0.6) is 5.75 Å². The molecule has 1 aromatic carbocycles. The van der Waals surface area contributed by atoms with Crippen molar-refractivity contribution in [3.05, 3.63) is 53.2 Å². The van der Waals surface area contributed by atoms with Crippen molar-refractivity contribution in [2.75, 3.05) is 0 Å². The lowest BCUT2D eigenvalue weighted by Gasteiger charge is -2.11. The fourth-order valence-electron chi connectivity index (χ4n) is 2.14. The number of benzene rings is 1. The number of nitrogens with zero attached hydrogens (tertiary/aromatic N) is 1. The molecule has 1 N–H and O–H groups in total. The topological polar surface area (TPSA) is 59.4 Å². The molecule has 4 nitrogen and oxygen atoms in total. The van der Waals surface area contributed by atoms with Gasteiger partial charge in [-0.3, -0.25) is 4.79 Å². The van der Waals surface area contributed by atoms with Crippen LogP contribution in [-0.4, -0.2) is 21.3 Å². The smallest absolute Gasteiger partial charge is 0.303 e. The van der Waals surface area contributed by atoms with Gasteiger partial charge in [-0.25, -0.2) is 13.8 Å². The van der Waals surface area contributed by atoms with Crippen LogP contribution in [0.25, 0.3) is 0 Å².